The molecule has 0 aliphatic carbocycles. The number of ether oxygens (including phenoxy) is 3. The summed E-state index contributed by atoms with van der Waals surface area (Å²) in [5, 5.41) is 2.44. The topological polar surface area (TPSA) is 73.9 Å². The molecule has 6 nitrogen and oxygen atoms in total. The van der Waals surface area contributed by atoms with Gasteiger partial charge in [0.05, 0.1) is 27.4 Å². The Balaban J connectivity index is 3.15. The zero-order chi connectivity index (χ0) is 16.0. The number of carbonyl (C=O) groups is 2. The first-order chi connectivity index (χ1) is 9.92. The van der Waals surface area contributed by atoms with Crippen LogP contribution in [-0.2, 0) is 19.1 Å². The molecule has 0 aliphatic rings. The van der Waals surface area contributed by atoms with Crippen molar-refractivity contribution >= 4 is 17.6 Å². The Morgan fingerprint density at radius 2 is 1.81 bits per heavy atom. The zero-order valence-electron chi connectivity index (χ0n) is 11.5. The predicted octanol–water partition coefficient (Wildman–Crippen LogP) is 1.62. The molecule has 0 fully saturated rings. The van der Waals surface area contributed by atoms with Crippen molar-refractivity contribution in [3.63, 3.8) is 0 Å². The highest BCUT2D eigenvalue weighted by molar-refractivity contribution is 5.98. The van der Waals surface area contributed by atoms with Crippen molar-refractivity contribution in [2.45, 2.75) is 0 Å². The quantitative estimate of drug-likeness (QED) is 0.658. The second-order valence-corrected chi connectivity index (χ2v) is 3.67. The summed E-state index contributed by atoms with van der Waals surface area (Å²) in [6.45, 7) is 0. The zero-order valence-corrected chi connectivity index (χ0v) is 11.5. The molecule has 1 rings (SSSR count). The van der Waals surface area contributed by atoms with E-state index in [0.29, 0.717) is 0 Å². The third kappa shape index (κ3) is 4.16. The molecule has 0 amide bonds. The van der Waals surface area contributed by atoms with Crippen molar-refractivity contribution in [1.82, 2.24) is 0 Å². The Labute approximate surface area is 119 Å². The maximum absolute atomic E-state index is 13.4. The lowest BCUT2D eigenvalue weighted by Gasteiger charge is -2.11. The summed E-state index contributed by atoms with van der Waals surface area (Å²) in [4.78, 5) is 22.7. The van der Waals surface area contributed by atoms with Crippen LogP contribution >= 0.6 is 0 Å². The average Bonchev–Trinajstić information content (AvgIpc) is 2.48. The van der Waals surface area contributed by atoms with Crippen LogP contribution in [0.4, 0.5) is 14.5 Å². The number of halogens is 2. The lowest BCUT2D eigenvalue weighted by atomic mass is 10.2. The van der Waals surface area contributed by atoms with Gasteiger partial charge in [0.15, 0.2) is 11.6 Å². The van der Waals surface area contributed by atoms with Crippen molar-refractivity contribution in [3.8, 4) is 5.75 Å². The van der Waals surface area contributed by atoms with E-state index < -0.39 is 23.6 Å². The van der Waals surface area contributed by atoms with Gasteiger partial charge in [-0.05, 0) is 0 Å². The molecule has 0 aliphatic heterocycles. The normalized spacial score (nSPS) is 10.8. The molecule has 0 heterocycles. The molecule has 21 heavy (non-hydrogen) atoms. The standard InChI is InChI=1S/C13H13F2NO5/c1-19-10-5-7(4-8(14)12(10)15)16-9(13(18)21-3)6-11(17)20-2/h4-6,16H,1-3H3/b9-6+. The second kappa shape index (κ2) is 7.22. The molecule has 0 unspecified atom stereocenters. The van der Waals surface area contributed by atoms with Crippen molar-refractivity contribution in [1.29, 1.82) is 0 Å². The van der Waals surface area contributed by atoms with Crippen LogP contribution in [0.25, 0.3) is 0 Å². The molecule has 1 aromatic rings. The Hall–Kier alpha value is -2.64. The maximum atomic E-state index is 13.4. The van der Waals surface area contributed by atoms with Gasteiger partial charge in [-0.1, -0.05) is 0 Å². The fourth-order valence-electron chi connectivity index (χ4n) is 1.37. The van der Waals surface area contributed by atoms with Gasteiger partial charge >= 0.3 is 11.9 Å². The summed E-state index contributed by atoms with van der Waals surface area (Å²) in [5.41, 5.74) is -0.316. The van der Waals surface area contributed by atoms with E-state index in [2.05, 4.69) is 19.5 Å². The van der Waals surface area contributed by atoms with Crippen LogP contribution in [0.1, 0.15) is 0 Å². The summed E-state index contributed by atoms with van der Waals surface area (Å²) in [7, 11) is 3.38. The number of hydrogen-bond donors (Lipinski definition) is 1. The molecule has 0 aromatic heterocycles. The van der Waals surface area contributed by atoms with Gasteiger partial charge in [0.1, 0.15) is 5.70 Å². The van der Waals surface area contributed by atoms with Crippen molar-refractivity contribution in [3.05, 3.63) is 35.5 Å². The highest BCUT2D eigenvalue weighted by Gasteiger charge is 2.16. The minimum Gasteiger partial charge on any atom is -0.493 e. The fraction of sp³-hybridized carbons (Fsp3) is 0.231. The van der Waals surface area contributed by atoms with Gasteiger partial charge in [0.25, 0.3) is 0 Å². The van der Waals surface area contributed by atoms with Crippen LogP contribution in [0.3, 0.4) is 0 Å². The molecule has 0 saturated heterocycles. The molecule has 0 spiro atoms. The van der Waals surface area contributed by atoms with Crippen LogP contribution in [0.5, 0.6) is 5.75 Å². The molecule has 0 saturated carbocycles. The predicted molar refractivity (Wildman–Crippen MR) is 68.6 cm³/mol. The number of carbonyl (C=O) groups excluding carboxylic acids is 2. The van der Waals surface area contributed by atoms with Gasteiger partial charge in [-0.25, -0.2) is 14.0 Å². The van der Waals surface area contributed by atoms with Gasteiger partial charge in [-0.3, -0.25) is 0 Å². The Bertz CT molecular complexity index is 586. The lowest BCUT2D eigenvalue weighted by molar-refractivity contribution is -0.138. The summed E-state index contributed by atoms with van der Waals surface area (Å²) in [5.74, 6) is -4.42. The summed E-state index contributed by atoms with van der Waals surface area (Å²) in [6.07, 6.45) is 0.819. The maximum Gasteiger partial charge on any atom is 0.354 e. The number of nitrogens with one attached hydrogen (secondary N) is 1. The van der Waals surface area contributed by atoms with E-state index in [-0.39, 0.29) is 17.1 Å². The first kappa shape index (κ1) is 16.4. The molecular weight excluding hydrogens is 288 g/mol. The number of esters is 2. The molecule has 0 radical (unpaired) electrons. The molecule has 114 valence electrons. The van der Waals surface area contributed by atoms with Gasteiger partial charge < -0.3 is 19.5 Å². The Morgan fingerprint density at radius 3 is 2.33 bits per heavy atom. The van der Waals surface area contributed by atoms with Gasteiger partial charge in [-0.2, -0.15) is 4.39 Å². The summed E-state index contributed by atoms with van der Waals surface area (Å²) in [6, 6.07) is 1.92. The van der Waals surface area contributed by atoms with E-state index in [4.69, 9.17) is 0 Å². The smallest absolute Gasteiger partial charge is 0.354 e. The van der Waals surface area contributed by atoms with E-state index in [9.17, 15) is 18.4 Å². The number of anilines is 1. The second-order valence-electron chi connectivity index (χ2n) is 3.67. The lowest BCUT2D eigenvalue weighted by Crippen LogP contribution is -2.15. The van der Waals surface area contributed by atoms with Crippen LogP contribution < -0.4 is 10.1 Å². The molecule has 8 heteroatoms. The summed E-state index contributed by atoms with van der Waals surface area (Å²) < 4.78 is 40.2. The number of benzene rings is 1. The first-order valence-electron chi connectivity index (χ1n) is 5.61. The number of hydrogen-bond acceptors (Lipinski definition) is 6. The van der Waals surface area contributed by atoms with Gasteiger partial charge in [0.2, 0.25) is 5.82 Å². The summed E-state index contributed by atoms with van der Waals surface area (Å²) >= 11 is 0. The first-order valence-corrected chi connectivity index (χ1v) is 5.61. The molecule has 0 atom stereocenters. The van der Waals surface area contributed by atoms with E-state index in [1.807, 2.05) is 0 Å². The van der Waals surface area contributed by atoms with Crippen LogP contribution in [0.2, 0.25) is 0 Å². The monoisotopic (exact) mass is 301 g/mol. The van der Waals surface area contributed by atoms with Gasteiger partial charge in [-0.15, -0.1) is 0 Å². The highest BCUT2D eigenvalue weighted by atomic mass is 19.2. The third-order valence-corrected chi connectivity index (χ3v) is 2.36. The van der Waals surface area contributed by atoms with E-state index in [1.54, 1.807) is 0 Å². The van der Waals surface area contributed by atoms with Crippen LogP contribution in [-0.4, -0.2) is 33.3 Å². The van der Waals surface area contributed by atoms with Crippen molar-refractivity contribution in [2.75, 3.05) is 26.6 Å². The Morgan fingerprint density at radius 1 is 1.14 bits per heavy atom. The number of rotatable bonds is 5. The minimum atomic E-state index is -1.18. The van der Waals surface area contributed by atoms with Gasteiger partial charge in [0, 0.05) is 17.8 Å². The van der Waals surface area contributed by atoms with Crippen molar-refractivity contribution in [2.24, 2.45) is 0 Å². The fourth-order valence-corrected chi connectivity index (χ4v) is 1.37. The molecule has 1 N–H and O–H groups in total. The van der Waals surface area contributed by atoms with Crippen molar-refractivity contribution < 1.29 is 32.6 Å². The Kier molecular flexibility index (Phi) is 5.65. The SMILES string of the molecule is COC(=O)/C=C(/Nc1cc(F)c(F)c(OC)c1)C(=O)OC. The largest absolute Gasteiger partial charge is 0.493 e. The van der Waals surface area contributed by atoms with E-state index >= 15 is 0 Å². The van der Waals surface area contributed by atoms with Crippen LogP contribution in [0, 0.1) is 11.6 Å². The minimum absolute atomic E-state index is 0.00805. The van der Waals surface area contributed by atoms with E-state index in [1.165, 1.54) is 0 Å². The number of methoxy groups -OCH3 is 3. The molecule has 0 bridgehead atoms. The van der Waals surface area contributed by atoms with E-state index in [0.717, 1.165) is 39.5 Å². The third-order valence-electron chi connectivity index (χ3n) is 2.36. The average molecular weight is 301 g/mol. The highest BCUT2D eigenvalue weighted by Crippen LogP contribution is 2.25. The molecular formula is C13H13F2NO5. The van der Waals surface area contributed by atoms with Crippen LogP contribution in [0.15, 0.2) is 23.9 Å². The molecule has 1 aromatic carbocycles.